The predicted octanol–water partition coefficient (Wildman–Crippen LogP) is 5.62. The maximum Gasteiger partial charge on any atom is 0.243 e. The summed E-state index contributed by atoms with van der Waals surface area (Å²) < 4.78 is 32.2. The van der Waals surface area contributed by atoms with Gasteiger partial charge in [0.05, 0.1) is 19.1 Å². The zero-order chi connectivity index (χ0) is 31.6. The molecule has 0 heterocycles. The molecule has 3 rings (SSSR count). The molecule has 0 aliphatic heterocycles. The van der Waals surface area contributed by atoms with Crippen LogP contribution in [-0.4, -0.2) is 57.6 Å². The summed E-state index contributed by atoms with van der Waals surface area (Å²) in [4.78, 5) is 29.2. The molecule has 0 aromatic heterocycles. The van der Waals surface area contributed by atoms with Crippen molar-refractivity contribution < 1.29 is 22.7 Å². The van der Waals surface area contributed by atoms with Crippen LogP contribution in [0, 0.1) is 12.8 Å². The Morgan fingerprint density at radius 3 is 2.30 bits per heavy atom. The van der Waals surface area contributed by atoms with Gasteiger partial charge in [-0.1, -0.05) is 74.0 Å². The first-order chi connectivity index (χ1) is 20.4. The number of anilines is 1. The van der Waals surface area contributed by atoms with E-state index < -0.39 is 16.1 Å². The minimum Gasteiger partial charge on any atom is -0.497 e. The number of carbonyl (C=O) groups excluding carboxylic acids is 2. The first-order valence-corrected chi connectivity index (χ1v) is 16.6. The molecule has 10 heteroatoms. The molecule has 3 aromatic carbocycles. The van der Waals surface area contributed by atoms with E-state index in [1.165, 1.54) is 4.31 Å². The molecule has 0 fully saturated rings. The van der Waals surface area contributed by atoms with Gasteiger partial charge in [-0.25, -0.2) is 8.42 Å². The number of nitrogens with zero attached hydrogens (tertiary/aromatic N) is 2. The van der Waals surface area contributed by atoms with E-state index in [0.29, 0.717) is 35.0 Å². The third kappa shape index (κ3) is 10.0. The van der Waals surface area contributed by atoms with Crippen molar-refractivity contribution >= 4 is 39.1 Å². The molecule has 0 aliphatic rings. The zero-order valence-corrected chi connectivity index (χ0v) is 27.1. The van der Waals surface area contributed by atoms with Gasteiger partial charge >= 0.3 is 0 Å². The number of carbonyl (C=O) groups is 2. The maximum absolute atomic E-state index is 14.0. The minimum atomic E-state index is -3.65. The average Bonchev–Trinajstić information content (AvgIpc) is 2.97. The lowest BCUT2D eigenvalue weighted by molar-refractivity contribution is -0.141. The Balaban J connectivity index is 1.92. The molecule has 0 aliphatic carbocycles. The van der Waals surface area contributed by atoms with Gasteiger partial charge in [0.15, 0.2) is 0 Å². The monoisotopic (exact) mass is 627 g/mol. The van der Waals surface area contributed by atoms with E-state index in [0.717, 1.165) is 17.4 Å². The summed E-state index contributed by atoms with van der Waals surface area (Å²) in [6.07, 6.45) is 1.76. The van der Waals surface area contributed by atoms with Crippen molar-refractivity contribution in [3.05, 3.63) is 94.5 Å². The number of amides is 2. The molecule has 1 unspecified atom stereocenters. The smallest absolute Gasteiger partial charge is 0.243 e. The fourth-order valence-corrected chi connectivity index (χ4v) is 5.98. The second-order valence-electron chi connectivity index (χ2n) is 11.0. The number of hydrogen-bond acceptors (Lipinski definition) is 5. The molecule has 1 atom stereocenters. The minimum absolute atomic E-state index is 0.0400. The molecule has 8 nitrogen and oxygen atoms in total. The lowest BCUT2D eigenvalue weighted by Crippen LogP contribution is -2.51. The molecule has 43 heavy (non-hydrogen) atoms. The van der Waals surface area contributed by atoms with Crippen molar-refractivity contribution in [2.45, 2.75) is 52.6 Å². The van der Waals surface area contributed by atoms with Crippen LogP contribution < -0.4 is 14.4 Å². The highest BCUT2D eigenvalue weighted by atomic mass is 35.5. The van der Waals surface area contributed by atoms with Gasteiger partial charge in [-0.15, -0.1) is 0 Å². The van der Waals surface area contributed by atoms with Crippen molar-refractivity contribution in [1.29, 1.82) is 0 Å². The van der Waals surface area contributed by atoms with Crippen LogP contribution in [0.5, 0.6) is 5.75 Å². The summed E-state index contributed by atoms with van der Waals surface area (Å²) in [5.41, 5.74) is 2.86. The Hall–Kier alpha value is -3.56. The number of ether oxygens (including phenoxy) is 1. The highest BCUT2D eigenvalue weighted by Crippen LogP contribution is 2.29. The Labute approximate surface area is 261 Å². The number of nitrogens with one attached hydrogen (secondary N) is 1. The molecule has 232 valence electrons. The SMILES string of the molecule is COc1cccc(CN(C(=O)CCCN(c2cccc(Cl)c2C)S(C)(=O)=O)C(Cc2ccccc2)C(=O)NCC(C)C)c1. The number of methoxy groups -OCH3 is 1. The second-order valence-corrected chi connectivity index (χ2v) is 13.4. The van der Waals surface area contributed by atoms with Crippen LogP contribution >= 0.6 is 11.6 Å². The maximum atomic E-state index is 14.0. The summed E-state index contributed by atoms with van der Waals surface area (Å²) >= 11 is 6.28. The van der Waals surface area contributed by atoms with Crippen LogP contribution in [0.1, 0.15) is 43.4 Å². The number of hydrogen-bond donors (Lipinski definition) is 1. The number of sulfonamides is 1. The Kier molecular flexibility index (Phi) is 12.5. The summed E-state index contributed by atoms with van der Waals surface area (Å²) in [7, 11) is -2.07. The number of halogens is 1. The van der Waals surface area contributed by atoms with Crippen molar-refractivity contribution in [2.75, 3.05) is 30.8 Å². The lowest BCUT2D eigenvalue weighted by atomic mass is 10.0. The Morgan fingerprint density at radius 2 is 1.65 bits per heavy atom. The van der Waals surface area contributed by atoms with Gasteiger partial charge in [0.2, 0.25) is 21.8 Å². The van der Waals surface area contributed by atoms with Crippen molar-refractivity contribution in [2.24, 2.45) is 5.92 Å². The summed E-state index contributed by atoms with van der Waals surface area (Å²) in [6.45, 7) is 6.55. The summed E-state index contributed by atoms with van der Waals surface area (Å²) in [5.74, 6) is 0.399. The predicted molar refractivity (Wildman–Crippen MR) is 173 cm³/mol. The average molecular weight is 628 g/mol. The van der Waals surface area contributed by atoms with E-state index in [1.807, 2.05) is 68.4 Å². The van der Waals surface area contributed by atoms with Gasteiger partial charge in [0.1, 0.15) is 11.8 Å². The van der Waals surface area contributed by atoms with E-state index in [9.17, 15) is 18.0 Å². The fraction of sp³-hybridized carbons (Fsp3) is 0.394. The quantitative estimate of drug-likeness (QED) is 0.236. The molecule has 2 amide bonds. The van der Waals surface area contributed by atoms with Crippen LogP contribution in [0.15, 0.2) is 72.8 Å². The van der Waals surface area contributed by atoms with Gasteiger partial charge in [-0.3, -0.25) is 13.9 Å². The van der Waals surface area contributed by atoms with Crippen molar-refractivity contribution in [1.82, 2.24) is 10.2 Å². The third-order valence-corrected chi connectivity index (χ3v) is 8.69. The van der Waals surface area contributed by atoms with E-state index >= 15 is 0 Å². The Morgan fingerprint density at radius 1 is 0.977 bits per heavy atom. The van der Waals surface area contributed by atoms with Crippen molar-refractivity contribution in [3.8, 4) is 5.75 Å². The fourth-order valence-electron chi connectivity index (χ4n) is 4.79. The molecule has 0 bridgehead atoms. The molecule has 1 N–H and O–H groups in total. The molecule has 0 saturated heterocycles. The third-order valence-electron chi connectivity index (χ3n) is 7.10. The normalized spacial score (nSPS) is 12.1. The first kappa shape index (κ1) is 33.9. The largest absolute Gasteiger partial charge is 0.497 e. The molecule has 3 aromatic rings. The van der Waals surface area contributed by atoms with Gasteiger partial charge in [-0.05, 0) is 60.2 Å². The molecular formula is C33H42ClN3O5S. The van der Waals surface area contributed by atoms with Crippen molar-refractivity contribution in [3.63, 3.8) is 0 Å². The number of benzene rings is 3. The second kappa shape index (κ2) is 15.8. The topological polar surface area (TPSA) is 96.0 Å². The first-order valence-electron chi connectivity index (χ1n) is 14.4. The zero-order valence-electron chi connectivity index (χ0n) is 25.5. The van der Waals surface area contributed by atoms with Gasteiger partial charge in [-0.2, -0.15) is 0 Å². The van der Waals surface area contributed by atoms with Gasteiger partial charge in [0, 0.05) is 37.5 Å². The van der Waals surface area contributed by atoms with Crippen LogP contribution in [0.4, 0.5) is 5.69 Å². The molecule has 0 spiro atoms. The van der Waals surface area contributed by atoms with Crippen LogP contribution in [-0.2, 0) is 32.6 Å². The summed E-state index contributed by atoms with van der Waals surface area (Å²) in [6, 6.07) is 21.3. The highest BCUT2D eigenvalue weighted by Gasteiger charge is 2.31. The number of rotatable bonds is 15. The van der Waals surface area contributed by atoms with Crippen LogP contribution in [0.2, 0.25) is 5.02 Å². The molecular weight excluding hydrogens is 586 g/mol. The standard InChI is InChI=1S/C33H42ClN3O5S/c1-24(2)22-35-33(39)31(21-26-12-7-6-8-13-26)36(23-27-14-9-15-28(20-27)42-4)32(38)18-11-19-37(43(5,40)41)30-17-10-16-29(34)25(30)3/h6-10,12-17,20,24,31H,11,18-19,21-23H2,1-5H3,(H,35,39). The Bertz CT molecular complexity index is 1480. The van der Waals surface area contributed by atoms with E-state index in [2.05, 4.69) is 5.32 Å². The molecule has 0 radical (unpaired) electrons. The van der Waals surface area contributed by atoms with Crippen LogP contribution in [0.3, 0.4) is 0 Å². The summed E-state index contributed by atoms with van der Waals surface area (Å²) in [5, 5.41) is 3.48. The molecule has 0 saturated carbocycles. The highest BCUT2D eigenvalue weighted by molar-refractivity contribution is 7.92. The van der Waals surface area contributed by atoms with E-state index in [1.54, 1.807) is 37.1 Å². The van der Waals surface area contributed by atoms with Gasteiger partial charge < -0.3 is 15.0 Å². The van der Waals surface area contributed by atoms with Crippen LogP contribution in [0.25, 0.3) is 0 Å². The van der Waals surface area contributed by atoms with E-state index in [-0.39, 0.29) is 43.7 Å². The van der Waals surface area contributed by atoms with Gasteiger partial charge in [0.25, 0.3) is 0 Å². The lowest BCUT2D eigenvalue weighted by Gasteiger charge is -2.32. The van der Waals surface area contributed by atoms with E-state index in [4.69, 9.17) is 16.3 Å².